The third kappa shape index (κ3) is 5.91. The minimum absolute atomic E-state index is 0.0117. The molecular weight excluding hydrogens is 399 g/mol. The van der Waals surface area contributed by atoms with Crippen LogP contribution >= 0.6 is 0 Å². The third-order valence-electron chi connectivity index (χ3n) is 5.15. The van der Waals surface area contributed by atoms with Crippen LogP contribution in [0.2, 0.25) is 0 Å². The van der Waals surface area contributed by atoms with Crippen LogP contribution in [0.15, 0.2) is 30.3 Å². The summed E-state index contributed by atoms with van der Waals surface area (Å²) in [6.07, 6.45) is 0.172. The van der Waals surface area contributed by atoms with Crippen molar-refractivity contribution in [2.75, 3.05) is 18.4 Å². The van der Waals surface area contributed by atoms with Gasteiger partial charge in [0.1, 0.15) is 11.6 Å². The van der Waals surface area contributed by atoms with Crippen molar-refractivity contribution in [3.63, 3.8) is 0 Å². The highest BCUT2D eigenvalue weighted by Crippen LogP contribution is 2.26. The molecule has 0 bridgehead atoms. The van der Waals surface area contributed by atoms with Crippen LogP contribution in [-0.4, -0.2) is 51.8 Å². The third-order valence-corrected chi connectivity index (χ3v) is 5.15. The first kappa shape index (κ1) is 22.9. The molecule has 2 atom stereocenters. The molecule has 0 saturated carbocycles. The fourth-order valence-electron chi connectivity index (χ4n) is 3.58. The van der Waals surface area contributed by atoms with Crippen LogP contribution in [0.5, 0.6) is 0 Å². The molecule has 2 aromatic rings. The number of morpholine rings is 1. The number of anilines is 1. The first-order valence-electron chi connectivity index (χ1n) is 10.6. The normalized spacial score (nSPS) is 19.4. The Bertz CT molecular complexity index is 923. The highest BCUT2D eigenvalue weighted by Gasteiger charge is 2.26. The van der Waals surface area contributed by atoms with Crippen molar-refractivity contribution in [3.8, 4) is 5.69 Å². The average Bonchev–Trinajstić information content (AvgIpc) is 3.10. The van der Waals surface area contributed by atoms with Crippen LogP contribution in [-0.2, 0) is 19.7 Å². The molecule has 0 spiro atoms. The van der Waals surface area contributed by atoms with Crippen LogP contribution in [0, 0.1) is 5.82 Å². The predicted molar refractivity (Wildman–Crippen MR) is 117 cm³/mol. The lowest BCUT2D eigenvalue weighted by molar-refractivity contribution is -0.144. The number of rotatable bonds is 5. The highest BCUT2D eigenvalue weighted by atomic mass is 19.1. The van der Waals surface area contributed by atoms with E-state index in [0.717, 1.165) is 5.69 Å². The van der Waals surface area contributed by atoms with Gasteiger partial charge in [-0.1, -0.05) is 20.8 Å². The van der Waals surface area contributed by atoms with Crippen molar-refractivity contribution in [2.45, 2.75) is 65.1 Å². The van der Waals surface area contributed by atoms with Crippen LogP contribution in [0.4, 0.5) is 10.2 Å². The van der Waals surface area contributed by atoms with Gasteiger partial charge < -0.3 is 15.0 Å². The van der Waals surface area contributed by atoms with Gasteiger partial charge in [-0.05, 0) is 38.1 Å². The molecule has 2 amide bonds. The molecule has 31 heavy (non-hydrogen) atoms. The summed E-state index contributed by atoms with van der Waals surface area (Å²) in [4.78, 5) is 26.9. The number of benzene rings is 1. The summed E-state index contributed by atoms with van der Waals surface area (Å²) in [5.74, 6) is -0.184. The molecule has 0 aliphatic carbocycles. The number of amides is 2. The summed E-state index contributed by atoms with van der Waals surface area (Å²) in [7, 11) is 0. The maximum atomic E-state index is 13.3. The molecule has 3 rings (SSSR count). The molecule has 168 valence electrons. The zero-order valence-corrected chi connectivity index (χ0v) is 18.8. The summed E-state index contributed by atoms with van der Waals surface area (Å²) in [6, 6.07) is 7.72. The fourth-order valence-corrected chi connectivity index (χ4v) is 3.58. The van der Waals surface area contributed by atoms with E-state index in [9.17, 15) is 14.0 Å². The standard InChI is InChI=1S/C23H31FN4O3/c1-15-13-27(14-16(2)31-15)22(30)11-10-21(29)25-20-12-19(23(3,4)5)26-28(20)18-8-6-17(24)7-9-18/h6-9,12,15-16H,10-11,13-14H2,1-5H3,(H,25,29). The molecule has 1 aromatic carbocycles. The lowest BCUT2D eigenvalue weighted by atomic mass is 9.92. The minimum atomic E-state index is -0.345. The van der Waals surface area contributed by atoms with Gasteiger partial charge in [0.05, 0.1) is 23.6 Å². The molecule has 7 nitrogen and oxygen atoms in total. The topological polar surface area (TPSA) is 76.5 Å². The zero-order valence-electron chi connectivity index (χ0n) is 18.8. The number of hydrogen-bond acceptors (Lipinski definition) is 4. The molecule has 1 fully saturated rings. The van der Waals surface area contributed by atoms with E-state index >= 15 is 0 Å². The fraction of sp³-hybridized carbons (Fsp3) is 0.522. The largest absolute Gasteiger partial charge is 0.372 e. The Morgan fingerprint density at radius 3 is 2.32 bits per heavy atom. The Labute approximate surface area is 182 Å². The average molecular weight is 431 g/mol. The van der Waals surface area contributed by atoms with E-state index in [-0.39, 0.29) is 48.1 Å². The van der Waals surface area contributed by atoms with Gasteiger partial charge in [0.15, 0.2) is 0 Å². The molecule has 1 aliphatic heterocycles. The Morgan fingerprint density at radius 1 is 1.13 bits per heavy atom. The van der Waals surface area contributed by atoms with Gasteiger partial charge in [-0.25, -0.2) is 9.07 Å². The Hall–Kier alpha value is -2.74. The Balaban J connectivity index is 1.69. The van der Waals surface area contributed by atoms with E-state index in [0.29, 0.717) is 24.6 Å². The highest BCUT2D eigenvalue weighted by molar-refractivity contribution is 5.93. The lowest BCUT2D eigenvalue weighted by Crippen LogP contribution is -2.48. The number of nitrogens with one attached hydrogen (secondary N) is 1. The Morgan fingerprint density at radius 2 is 1.74 bits per heavy atom. The number of halogens is 1. The van der Waals surface area contributed by atoms with E-state index in [1.54, 1.807) is 21.7 Å². The second-order valence-corrected chi connectivity index (χ2v) is 9.16. The van der Waals surface area contributed by atoms with E-state index in [2.05, 4.69) is 10.4 Å². The SMILES string of the molecule is CC1CN(C(=O)CCC(=O)Nc2cc(C(C)(C)C)nn2-c2ccc(F)cc2)CC(C)O1. The molecule has 1 aliphatic rings. The van der Waals surface area contributed by atoms with Gasteiger partial charge in [0.2, 0.25) is 11.8 Å². The van der Waals surface area contributed by atoms with Crippen LogP contribution in [0.1, 0.15) is 53.2 Å². The Kier molecular flexibility index (Phi) is 6.79. The number of carbonyl (C=O) groups is 2. The number of aromatic nitrogens is 2. The van der Waals surface area contributed by atoms with Crippen molar-refractivity contribution in [3.05, 3.63) is 41.8 Å². The minimum Gasteiger partial charge on any atom is -0.372 e. The first-order chi connectivity index (χ1) is 14.5. The van der Waals surface area contributed by atoms with E-state index in [1.807, 2.05) is 40.7 Å². The first-order valence-corrected chi connectivity index (χ1v) is 10.6. The summed E-state index contributed by atoms with van der Waals surface area (Å²) in [5, 5.41) is 7.47. The van der Waals surface area contributed by atoms with Crippen molar-refractivity contribution < 1.29 is 18.7 Å². The molecule has 1 saturated heterocycles. The van der Waals surface area contributed by atoms with Gasteiger partial charge >= 0.3 is 0 Å². The van der Waals surface area contributed by atoms with Gasteiger partial charge in [-0.3, -0.25) is 9.59 Å². The molecule has 1 N–H and O–H groups in total. The predicted octanol–water partition coefficient (Wildman–Crippen LogP) is 3.66. The molecule has 2 heterocycles. The van der Waals surface area contributed by atoms with Crippen molar-refractivity contribution in [1.82, 2.24) is 14.7 Å². The van der Waals surface area contributed by atoms with Gasteiger partial charge in [-0.2, -0.15) is 5.10 Å². The van der Waals surface area contributed by atoms with Gasteiger partial charge in [-0.15, -0.1) is 0 Å². The molecule has 1 aromatic heterocycles. The van der Waals surface area contributed by atoms with Crippen LogP contribution in [0.3, 0.4) is 0 Å². The molecule has 8 heteroatoms. The maximum absolute atomic E-state index is 13.3. The van der Waals surface area contributed by atoms with E-state index in [4.69, 9.17) is 4.74 Å². The number of hydrogen-bond donors (Lipinski definition) is 1. The summed E-state index contributed by atoms with van der Waals surface area (Å²) < 4.78 is 20.6. The number of carbonyl (C=O) groups excluding carboxylic acids is 2. The smallest absolute Gasteiger partial charge is 0.226 e. The van der Waals surface area contributed by atoms with Crippen molar-refractivity contribution >= 4 is 17.6 Å². The summed E-state index contributed by atoms with van der Waals surface area (Å²) in [5.41, 5.74) is 1.20. The number of ether oxygens (including phenoxy) is 1. The number of nitrogens with zero attached hydrogens (tertiary/aromatic N) is 3. The zero-order chi connectivity index (χ0) is 22.8. The van der Waals surface area contributed by atoms with Crippen molar-refractivity contribution in [1.29, 1.82) is 0 Å². The summed E-state index contributed by atoms with van der Waals surface area (Å²) >= 11 is 0. The molecule has 0 radical (unpaired) electrons. The molecule has 2 unspecified atom stereocenters. The van der Waals surface area contributed by atoms with Crippen LogP contribution < -0.4 is 5.32 Å². The quantitative estimate of drug-likeness (QED) is 0.785. The van der Waals surface area contributed by atoms with Gasteiger partial charge in [0, 0.05) is 37.4 Å². The maximum Gasteiger partial charge on any atom is 0.226 e. The second kappa shape index (κ2) is 9.18. The van der Waals surface area contributed by atoms with Crippen molar-refractivity contribution in [2.24, 2.45) is 0 Å². The lowest BCUT2D eigenvalue weighted by Gasteiger charge is -2.35. The monoisotopic (exact) mass is 430 g/mol. The molecular formula is C23H31FN4O3. The van der Waals surface area contributed by atoms with E-state index in [1.165, 1.54) is 12.1 Å². The van der Waals surface area contributed by atoms with Gasteiger partial charge in [0.25, 0.3) is 0 Å². The van der Waals surface area contributed by atoms with Crippen LogP contribution in [0.25, 0.3) is 5.69 Å². The summed E-state index contributed by atoms with van der Waals surface area (Å²) in [6.45, 7) is 11.0. The second-order valence-electron chi connectivity index (χ2n) is 9.16. The van der Waals surface area contributed by atoms with E-state index < -0.39 is 0 Å².